The fourth-order valence-electron chi connectivity index (χ4n) is 4.30. The summed E-state index contributed by atoms with van der Waals surface area (Å²) < 4.78 is 80.1. The number of aryl methyl sites for hydroxylation is 1. The number of aliphatic hydroxyl groups excluding tert-OH is 1. The molecular weight excluding hydrogens is 472 g/mol. The number of aliphatic hydroxyl groups is 1. The molecular formula is C25H23F6N3O. The highest BCUT2D eigenvalue weighted by Gasteiger charge is 2.43. The van der Waals surface area contributed by atoms with Crippen molar-refractivity contribution < 1.29 is 31.4 Å². The molecule has 0 radical (unpaired) electrons. The van der Waals surface area contributed by atoms with Crippen LogP contribution in [0, 0.1) is 6.92 Å². The number of hydrogen-bond acceptors (Lipinski definition) is 4. The second-order valence-corrected chi connectivity index (χ2v) is 8.49. The third-order valence-electron chi connectivity index (χ3n) is 5.95. The summed E-state index contributed by atoms with van der Waals surface area (Å²) in [5.41, 5.74) is 1.80. The smallest absolute Gasteiger partial charge is 0.382 e. The molecule has 1 aliphatic heterocycles. The SMILES string of the molecule is Cc1cccc(CN2CC(c3cccc(C(F)(F)F)c3)N(CC(O)C(F)(F)F)c3ccccc32)n1. The summed E-state index contributed by atoms with van der Waals surface area (Å²) in [5, 5.41) is 9.87. The van der Waals surface area contributed by atoms with Gasteiger partial charge in [0.25, 0.3) is 0 Å². The van der Waals surface area contributed by atoms with Crippen LogP contribution in [0.15, 0.2) is 66.7 Å². The highest BCUT2D eigenvalue weighted by molar-refractivity contribution is 5.74. The molecule has 1 aromatic heterocycles. The number of anilines is 2. The molecule has 4 rings (SSSR count). The lowest BCUT2D eigenvalue weighted by atomic mass is 9.97. The van der Waals surface area contributed by atoms with Crippen molar-refractivity contribution in [3.8, 4) is 0 Å². The van der Waals surface area contributed by atoms with Crippen LogP contribution in [-0.4, -0.2) is 35.5 Å². The average molecular weight is 495 g/mol. The predicted molar refractivity (Wildman–Crippen MR) is 120 cm³/mol. The van der Waals surface area contributed by atoms with Crippen LogP contribution in [0.1, 0.15) is 28.6 Å². The van der Waals surface area contributed by atoms with Gasteiger partial charge in [0.05, 0.1) is 41.8 Å². The molecule has 0 spiro atoms. The summed E-state index contributed by atoms with van der Waals surface area (Å²) in [4.78, 5) is 7.72. The number of benzene rings is 2. The number of rotatable bonds is 5. The highest BCUT2D eigenvalue weighted by Crippen LogP contribution is 2.43. The van der Waals surface area contributed by atoms with Gasteiger partial charge in [-0.3, -0.25) is 4.98 Å². The Balaban J connectivity index is 1.80. The van der Waals surface area contributed by atoms with Gasteiger partial charge in [0.15, 0.2) is 6.10 Å². The number of nitrogens with zero attached hydrogens (tertiary/aromatic N) is 3. The van der Waals surface area contributed by atoms with E-state index < -0.39 is 36.6 Å². The van der Waals surface area contributed by atoms with Gasteiger partial charge in [-0.15, -0.1) is 0 Å². The minimum absolute atomic E-state index is 0.0958. The van der Waals surface area contributed by atoms with Crippen LogP contribution in [0.25, 0.3) is 0 Å². The van der Waals surface area contributed by atoms with Crippen LogP contribution in [0.3, 0.4) is 0 Å². The third-order valence-corrected chi connectivity index (χ3v) is 5.95. The Bertz CT molecular complexity index is 1180. The summed E-state index contributed by atoms with van der Waals surface area (Å²) >= 11 is 0. The molecule has 2 heterocycles. The van der Waals surface area contributed by atoms with E-state index in [1.54, 1.807) is 24.3 Å². The Labute approximate surface area is 198 Å². The Kier molecular flexibility index (Phi) is 6.68. The number of β-amino-alcohol motifs (C(OH)–C–C–N with tert-alkyl or cyclic N) is 1. The number of fused-ring (bicyclic) bond motifs is 1. The minimum Gasteiger partial charge on any atom is -0.382 e. The summed E-state index contributed by atoms with van der Waals surface area (Å²) in [5.74, 6) is 0. The number of alkyl halides is 6. The van der Waals surface area contributed by atoms with Crippen LogP contribution in [0.5, 0.6) is 0 Å². The quantitative estimate of drug-likeness (QED) is 0.448. The van der Waals surface area contributed by atoms with Crippen molar-refractivity contribution in [2.45, 2.75) is 38.0 Å². The van der Waals surface area contributed by atoms with Crippen molar-refractivity contribution in [1.82, 2.24) is 4.98 Å². The van der Waals surface area contributed by atoms with Crippen molar-refractivity contribution in [1.29, 1.82) is 0 Å². The van der Waals surface area contributed by atoms with Crippen molar-refractivity contribution in [3.05, 3.63) is 89.2 Å². The average Bonchev–Trinajstić information content (AvgIpc) is 2.79. The van der Waals surface area contributed by atoms with Gasteiger partial charge in [0, 0.05) is 12.2 Å². The van der Waals surface area contributed by atoms with Gasteiger partial charge in [0.1, 0.15) is 0 Å². The molecule has 0 bridgehead atoms. The van der Waals surface area contributed by atoms with Crippen molar-refractivity contribution in [3.63, 3.8) is 0 Å². The first kappa shape index (κ1) is 24.8. The number of pyridine rings is 1. The first-order chi connectivity index (χ1) is 16.4. The maximum Gasteiger partial charge on any atom is 0.416 e. The van der Waals surface area contributed by atoms with E-state index in [-0.39, 0.29) is 12.1 Å². The van der Waals surface area contributed by atoms with Gasteiger partial charge in [-0.05, 0) is 48.9 Å². The monoisotopic (exact) mass is 495 g/mol. The maximum absolute atomic E-state index is 13.4. The predicted octanol–water partition coefficient (Wildman–Crippen LogP) is 5.90. The molecule has 1 aliphatic rings. The minimum atomic E-state index is -4.88. The third kappa shape index (κ3) is 5.53. The molecule has 0 saturated carbocycles. The maximum atomic E-state index is 13.4. The van der Waals surface area contributed by atoms with Gasteiger partial charge < -0.3 is 14.9 Å². The highest BCUT2D eigenvalue weighted by atomic mass is 19.4. The second kappa shape index (κ2) is 9.41. The van der Waals surface area contributed by atoms with Crippen molar-refractivity contribution >= 4 is 11.4 Å². The molecule has 0 aliphatic carbocycles. The van der Waals surface area contributed by atoms with Crippen LogP contribution in [-0.2, 0) is 12.7 Å². The Hall–Kier alpha value is -3.27. The van der Waals surface area contributed by atoms with E-state index in [0.717, 1.165) is 17.8 Å². The van der Waals surface area contributed by atoms with Gasteiger partial charge in [-0.25, -0.2) is 0 Å². The molecule has 186 valence electrons. The van der Waals surface area contributed by atoms with E-state index in [1.165, 1.54) is 17.0 Å². The molecule has 4 nitrogen and oxygen atoms in total. The van der Waals surface area contributed by atoms with Crippen LogP contribution in [0.4, 0.5) is 37.7 Å². The molecule has 1 N–H and O–H groups in total. The topological polar surface area (TPSA) is 39.6 Å². The first-order valence-corrected chi connectivity index (χ1v) is 10.9. The van der Waals surface area contributed by atoms with E-state index in [0.29, 0.717) is 23.6 Å². The van der Waals surface area contributed by atoms with Gasteiger partial charge >= 0.3 is 12.4 Å². The van der Waals surface area contributed by atoms with E-state index in [1.807, 2.05) is 30.0 Å². The lowest BCUT2D eigenvalue weighted by Gasteiger charge is -2.45. The first-order valence-electron chi connectivity index (χ1n) is 10.9. The largest absolute Gasteiger partial charge is 0.416 e. The molecule has 0 fully saturated rings. The van der Waals surface area contributed by atoms with E-state index in [9.17, 15) is 31.4 Å². The number of hydrogen-bond donors (Lipinski definition) is 1. The van der Waals surface area contributed by atoms with Crippen molar-refractivity contribution in [2.24, 2.45) is 0 Å². The zero-order valence-corrected chi connectivity index (χ0v) is 18.7. The zero-order chi connectivity index (χ0) is 25.4. The summed E-state index contributed by atoms with van der Waals surface area (Å²) in [6.45, 7) is 1.42. The fraction of sp³-hybridized carbons (Fsp3) is 0.320. The molecule has 10 heteroatoms. The standard InChI is InChI=1S/C25H23F6N3O/c1-16-6-4-9-19(32-16)13-33-14-22(17-7-5-8-18(12-17)24(26,27)28)34(15-23(35)25(29,30)31)21-11-3-2-10-20(21)33/h2-12,22-23,35H,13-15H2,1H3. The van der Waals surface area contributed by atoms with E-state index in [2.05, 4.69) is 4.98 Å². The zero-order valence-electron chi connectivity index (χ0n) is 18.7. The van der Waals surface area contributed by atoms with E-state index in [4.69, 9.17) is 0 Å². The molecule has 35 heavy (non-hydrogen) atoms. The van der Waals surface area contributed by atoms with Crippen LogP contribution >= 0.6 is 0 Å². The fourth-order valence-corrected chi connectivity index (χ4v) is 4.30. The normalized spacial score (nSPS) is 17.3. The molecule has 3 aromatic rings. The Morgan fingerprint density at radius 2 is 1.63 bits per heavy atom. The summed E-state index contributed by atoms with van der Waals surface area (Å²) in [7, 11) is 0. The lowest BCUT2D eigenvalue weighted by Crippen LogP contribution is -2.49. The number of aromatic nitrogens is 1. The molecule has 0 saturated heterocycles. The van der Waals surface area contributed by atoms with Gasteiger partial charge in [-0.2, -0.15) is 26.3 Å². The molecule has 2 unspecified atom stereocenters. The lowest BCUT2D eigenvalue weighted by molar-refractivity contribution is -0.200. The van der Waals surface area contributed by atoms with E-state index >= 15 is 0 Å². The van der Waals surface area contributed by atoms with Crippen molar-refractivity contribution in [2.75, 3.05) is 22.9 Å². The number of halogens is 6. The molecule has 0 amide bonds. The summed E-state index contributed by atoms with van der Waals surface area (Å²) in [6, 6.07) is 15.9. The Morgan fingerprint density at radius 3 is 2.29 bits per heavy atom. The second-order valence-electron chi connectivity index (χ2n) is 8.49. The summed E-state index contributed by atoms with van der Waals surface area (Å²) in [6.07, 6.45) is -12.2. The molecule has 2 aromatic carbocycles. The number of para-hydroxylation sites is 2. The van der Waals surface area contributed by atoms with Gasteiger partial charge in [-0.1, -0.05) is 30.3 Å². The van der Waals surface area contributed by atoms with Crippen LogP contribution in [0.2, 0.25) is 0 Å². The van der Waals surface area contributed by atoms with Crippen LogP contribution < -0.4 is 9.80 Å². The van der Waals surface area contributed by atoms with Gasteiger partial charge in [0.2, 0.25) is 0 Å². The molecule has 2 atom stereocenters. The Morgan fingerprint density at radius 1 is 0.943 bits per heavy atom.